The number of dihydropyridines is 1. The average molecular weight is 506 g/mol. The largest absolute Gasteiger partial charge is 0.493 e. The van der Waals surface area contributed by atoms with Crippen LogP contribution < -0.4 is 14.8 Å². The number of allylic oxidation sites excluding steroid dienone is 3. The predicted molar refractivity (Wildman–Crippen MR) is 137 cm³/mol. The third-order valence-electron chi connectivity index (χ3n) is 7.71. The first-order chi connectivity index (χ1) is 17.9. The second kappa shape index (κ2) is 10.4. The molecule has 2 aliphatic carbocycles. The molecule has 2 aromatic rings. The Bertz CT molecular complexity index is 1270. The molecule has 0 saturated heterocycles. The summed E-state index contributed by atoms with van der Waals surface area (Å²) in [6.07, 6.45) is 4.57. The van der Waals surface area contributed by atoms with Gasteiger partial charge in [-0.05, 0) is 80.3 Å². The molecule has 0 unspecified atom stereocenters. The van der Waals surface area contributed by atoms with Crippen LogP contribution in [0.2, 0.25) is 0 Å². The van der Waals surface area contributed by atoms with Crippen molar-refractivity contribution < 1.29 is 28.2 Å². The van der Waals surface area contributed by atoms with E-state index in [1.807, 2.05) is 25.1 Å². The first-order valence-electron chi connectivity index (χ1n) is 12.8. The summed E-state index contributed by atoms with van der Waals surface area (Å²) in [4.78, 5) is 27.2. The van der Waals surface area contributed by atoms with Gasteiger partial charge in [-0.1, -0.05) is 18.2 Å². The molecule has 0 radical (unpaired) electrons. The van der Waals surface area contributed by atoms with Gasteiger partial charge >= 0.3 is 5.97 Å². The quantitative estimate of drug-likeness (QED) is 0.509. The monoisotopic (exact) mass is 505 g/mol. The lowest BCUT2D eigenvalue weighted by Crippen LogP contribution is -2.36. The zero-order valence-corrected chi connectivity index (χ0v) is 21.4. The normalized spacial score (nSPS) is 22.0. The summed E-state index contributed by atoms with van der Waals surface area (Å²) in [5.74, 6) is -0.247. The Hall–Kier alpha value is -3.61. The van der Waals surface area contributed by atoms with Crippen molar-refractivity contribution in [2.75, 3.05) is 14.2 Å². The minimum atomic E-state index is -0.607. The van der Waals surface area contributed by atoms with Crippen LogP contribution in [0.25, 0.3) is 0 Å². The molecule has 1 aliphatic heterocycles. The van der Waals surface area contributed by atoms with Gasteiger partial charge in [0.1, 0.15) is 11.9 Å². The van der Waals surface area contributed by atoms with E-state index in [9.17, 15) is 14.0 Å². The zero-order valence-electron chi connectivity index (χ0n) is 21.4. The molecule has 5 rings (SSSR count). The Labute approximate surface area is 216 Å². The SMILES string of the molecule is COc1ccc([C@@H]2CC(=O)C3=C(C2)NC(C)=C(C(=O)OC2CCCC2)[C@H]3c2ccc(F)cc2)cc1OC. The van der Waals surface area contributed by atoms with Gasteiger partial charge in [-0.3, -0.25) is 4.79 Å². The lowest BCUT2D eigenvalue weighted by molar-refractivity contribution is -0.144. The Balaban J connectivity index is 1.52. The van der Waals surface area contributed by atoms with Crippen LogP contribution in [0.3, 0.4) is 0 Å². The van der Waals surface area contributed by atoms with Gasteiger partial charge in [-0.15, -0.1) is 0 Å². The van der Waals surface area contributed by atoms with Crippen LogP contribution in [0.15, 0.2) is 65.0 Å². The van der Waals surface area contributed by atoms with Crippen LogP contribution in [0.1, 0.15) is 68.4 Å². The number of methoxy groups -OCH3 is 2. The van der Waals surface area contributed by atoms with Crippen LogP contribution in [-0.2, 0) is 14.3 Å². The molecule has 0 amide bonds. The summed E-state index contributed by atoms with van der Waals surface area (Å²) in [6.45, 7) is 1.84. The number of esters is 1. The smallest absolute Gasteiger partial charge is 0.337 e. The fraction of sp³-hybridized carbons (Fsp3) is 0.400. The number of halogens is 1. The maximum atomic E-state index is 13.8. The van der Waals surface area contributed by atoms with Crippen LogP contribution in [0.5, 0.6) is 11.5 Å². The van der Waals surface area contributed by atoms with Crippen molar-refractivity contribution in [3.05, 3.63) is 81.9 Å². The highest BCUT2D eigenvalue weighted by atomic mass is 19.1. The summed E-state index contributed by atoms with van der Waals surface area (Å²) < 4.78 is 30.5. The number of hydrogen-bond donors (Lipinski definition) is 1. The van der Waals surface area contributed by atoms with Gasteiger partial charge in [0.15, 0.2) is 17.3 Å². The first-order valence-corrected chi connectivity index (χ1v) is 12.8. The number of ketones is 1. The minimum Gasteiger partial charge on any atom is -0.493 e. The van der Waals surface area contributed by atoms with Crippen molar-refractivity contribution in [1.29, 1.82) is 0 Å². The highest BCUT2D eigenvalue weighted by Gasteiger charge is 2.42. The summed E-state index contributed by atoms with van der Waals surface area (Å²) >= 11 is 0. The molecular weight excluding hydrogens is 473 g/mol. The fourth-order valence-electron chi connectivity index (χ4n) is 5.86. The lowest BCUT2D eigenvalue weighted by Gasteiger charge is -2.37. The van der Waals surface area contributed by atoms with Crippen molar-refractivity contribution >= 4 is 11.8 Å². The summed E-state index contributed by atoms with van der Waals surface area (Å²) in [7, 11) is 3.18. The summed E-state index contributed by atoms with van der Waals surface area (Å²) in [5, 5.41) is 3.37. The van der Waals surface area contributed by atoms with Gasteiger partial charge in [0.05, 0.1) is 19.8 Å². The molecule has 194 valence electrons. The van der Waals surface area contributed by atoms with Gasteiger partial charge < -0.3 is 19.5 Å². The van der Waals surface area contributed by atoms with Crippen molar-refractivity contribution in [3.63, 3.8) is 0 Å². The number of carbonyl (C=O) groups excluding carboxylic acids is 2. The molecule has 0 aromatic heterocycles. The van der Waals surface area contributed by atoms with Crippen LogP contribution in [0.4, 0.5) is 4.39 Å². The Kier molecular flexibility index (Phi) is 7.04. The average Bonchev–Trinajstić information content (AvgIpc) is 3.40. The van der Waals surface area contributed by atoms with Crippen molar-refractivity contribution in [2.24, 2.45) is 0 Å². The molecule has 2 aromatic carbocycles. The van der Waals surface area contributed by atoms with E-state index < -0.39 is 11.9 Å². The molecular formula is C30H32FNO5. The van der Waals surface area contributed by atoms with Gasteiger partial charge in [0.2, 0.25) is 0 Å². The molecule has 1 heterocycles. The number of Topliss-reactive ketones (excluding diaryl/α,β-unsaturated/α-hetero) is 1. The second-order valence-electron chi connectivity index (χ2n) is 10.00. The number of nitrogens with one attached hydrogen (secondary N) is 1. The van der Waals surface area contributed by atoms with Crippen molar-refractivity contribution in [3.8, 4) is 11.5 Å². The second-order valence-corrected chi connectivity index (χ2v) is 10.00. The maximum absolute atomic E-state index is 13.8. The summed E-state index contributed by atoms with van der Waals surface area (Å²) in [5.41, 5.74) is 4.12. The topological polar surface area (TPSA) is 73.9 Å². The molecule has 0 bridgehead atoms. The Morgan fingerprint density at radius 2 is 1.62 bits per heavy atom. The van der Waals surface area contributed by atoms with Crippen LogP contribution in [0, 0.1) is 5.82 Å². The number of benzene rings is 2. The molecule has 2 atom stereocenters. The van der Waals surface area contributed by atoms with E-state index in [1.54, 1.807) is 26.4 Å². The highest BCUT2D eigenvalue weighted by Crippen LogP contribution is 2.46. The maximum Gasteiger partial charge on any atom is 0.337 e. The standard InChI is InChI=1S/C30H32FNO5/c1-17-27(30(34)37-22-6-4-5-7-22)28(18-8-11-21(31)12-9-18)29-23(32-17)14-20(15-24(29)33)19-10-13-25(35-2)26(16-19)36-3/h8-13,16,20,22,28,32H,4-7,14-15H2,1-3H3/t20-,28+/m0/s1. The van der Waals surface area contributed by atoms with Crippen LogP contribution in [-0.4, -0.2) is 32.1 Å². The summed E-state index contributed by atoms with van der Waals surface area (Å²) in [6, 6.07) is 11.8. The lowest BCUT2D eigenvalue weighted by atomic mass is 9.71. The van der Waals surface area contributed by atoms with Crippen molar-refractivity contribution in [1.82, 2.24) is 5.32 Å². The van der Waals surface area contributed by atoms with E-state index in [2.05, 4.69) is 5.32 Å². The molecule has 1 fully saturated rings. The molecule has 37 heavy (non-hydrogen) atoms. The third-order valence-corrected chi connectivity index (χ3v) is 7.71. The first kappa shape index (κ1) is 25.1. The van der Waals surface area contributed by atoms with Gasteiger partial charge in [0.25, 0.3) is 0 Å². The number of ether oxygens (including phenoxy) is 3. The molecule has 1 saturated carbocycles. The van der Waals surface area contributed by atoms with Gasteiger partial charge in [-0.2, -0.15) is 0 Å². The zero-order chi connectivity index (χ0) is 26.1. The fourth-order valence-corrected chi connectivity index (χ4v) is 5.86. The molecule has 1 N–H and O–H groups in total. The highest BCUT2D eigenvalue weighted by molar-refractivity contribution is 6.04. The number of hydrogen-bond acceptors (Lipinski definition) is 6. The third kappa shape index (κ3) is 4.87. The van der Waals surface area contributed by atoms with E-state index in [0.29, 0.717) is 40.3 Å². The predicted octanol–water partition coefficient (Wildman–Crippen LogP) is 5.69. The van der Waals surface area contributed by atoms with Gasteiger partial charge in [-0.25, -0.2) is 9.18 Å². The molecule has 0 spiro atoms. The van der Waals surface area contributed by atoms with E-state index >= 15 is 0 Å². The van der Waals surface area contributed by atoms with Crippen LogP contribution >= 0.6 is 0 Å². The van der Waals surface area contributed by atoms with E-state index in [4.69, 9.17) is 14.2 Å². The van der Waals surface area contributed by atoms with E-state index in [-0.39, 0.29) is 30.0 Å². The molecule has 3 aliphatic rings. The molecule has 7 heteroatoms. The Morgan fingerprint density at radius 3 is 2.30 bits per heavy atom. The minimum absolute atomic E-state index is 0.0403. The number of carbonyl (C=O) groups is 2. The molecule has 6 nitrogen and oxygen atoms in total. The van der Waals surface area contributed by atoms with Crippen molar-refractivity contribution in [2.45, 2.75) is 63.4 Å². The van der Waals surface area contributed by atoms with Gasteiger partial charge in [0, 0.05) is 29.3 Å². The Morgan fingerprint density at radius 1 is 0.946 bits per heavy atom. The van der Waals surface area contributed by atoms with E-state index in [0.717, 1.165) is 36.9 Å². The number of rotatable bonds is 6. The van der Waals surface area contributed by atoms with E-state index in [1.165, 1.54) is 12.1 Å².